The largest absolute Gasteiger partial charge is 0.465 e. The lowest BCUT2D eigenvalue weighted by Gasteiger charge is -2.41. The fourth-order valence-corrected chi connectivity index (χ4v) is 8.22. The highest BCUT2D eigenvalue weighted by Gasteiger charge is 2.39. The van der Waals surface area contributed by atoms with Gasteiger partial charge in [-0.05, 0) is 95.8 Å². The number of amides is 1. The molecule has 0 saturated heterocycles. The molecule has 4 rings (SSSR count). The Hall–Kier alpha value is -2.81. The van der Waals surface area contributed by atoms with E-state index in [4.69, 9.17) is 9.16 Å². The minimum absolute atomic E-state index is 0.00810. The molecular formula is C34H42N2O4S3Si. The first-order chi connectivity index (χ1) is 20.9. The molecule has 2 aromatic heterocycles. The van der Waals surface area contributed by atoms with E-state index < -0.39 is 8.32 Å². The van der Waals surface area contributed by atoms with E-state index in [1.54, 1.807) is 22.4 Å². The van der Waals surface area contributed by atoms with Crippen molar-refractivity contribution in [1.82, 2.24) is 10.0 Å². The molecule has 1 aliphatic heterocycles. The Kier molecular flexibility index (Phi) is 11.6. The molecule has 44 heavy (non-hydrogen) atoms. The van der Waals surface area contributed by atoms with Crippen LogP contribution in [-0.2, 0) is 22.0 Å². The lowest BCUT2D eigenvalue weighted by molar-refractivity contribution is 0.0567. The molecule has 1 amide bonds. The van der Waals surface area contributed by atoms with Crippen molar-refractivity contribution >= 4 is 54.0 Å². The quantitative estimate of drug-likeness (QED) is 0.116. The zero-order valence-electron chi connectivity index (χ0n) is 26.6. The molecule has 0 fully saturated rings. The van der Waals surface area contributed by atoms with Crippen molar-refractivity contribution in [3.05, 3.63) is 90.8 Å². The van der Waals surface area contributed by atoms with Crippen molar-refractivity contribution in [2.75, 3.05) is 20.2 Å². The number of methoxy groups -OCH3 is 1. The summed E-state index contributed by atoms with van der Waals surface area (Å²) in [4.78, 5) is 26.5. The van der Waals surface area contributed by atoms with Crippen molar-refractivity contribution in [1.29, 1.82) is 0 Å². The number of thioether (sulfide) groups is 1. The highest BCUT2D eigenvalue weighted by Crippen LogP contribution is 2.38. The number of ether oxygens (including phenoxy) is 1. The first kappa shape index (κ1) is 34.1. The number of nitrogens with zero attached hydrogens (tertiary/aromatic N) is 2. The molecule has 1 aromatic carbocycles. The van der Waals surface area contributed by atoms with Crippen LogP contribution in [0.2, 0.25) is 18.1 Å². The van der Waals surface area contributed by atoms with Crippen LogP contribution in [0.5, 0.6) is 0 Å². The van der Waals surface area contributed by atoms with Gasteiger partial charge in [-0.3, -0.25) is 9.80 Å². The number of thiophene rings is 2. The molecule has 0 spiro atoms. The molecule has 234 valence electrons. The minimum Gasteiger partial charge on any atom is -0.465 e. The summed E-state index contributed by atoms with van der Waals surface area (Å²) < 4.78 is 11.8. The standard InChI is InChI=1S/C34H42N2O4S3Si/c1-25-23-41-24-28(25)12-11-26-9-8-10-27(21-26)22-29(40-44(6,7)34(2,3)4)15-17-35-19-20-42-33(38)36(35)18-16-30-13-14-31(43-30)32(37)39-5/h8-10,13-14,19-21,23-24,29H,15-18,22H2,1-7H3. The van der Waals surface area contributed by atoms with Gasteiger partial charge in [0.1, 0.15) is 4.88 Å². The van der Waals surface area contributed by atoms with Crippen molar-refractivity contribution < 1.29 is 18.8 Å². The van der Waals surface area contributed by atoms with E-state index in [0.29, 0.717) is 24.4 Å². The lowest BCUT2D eigenvalue weighted by Crippen LogP contribution is -2.47. The Morgan fingerprint density at radius 1 is 1.09 bits per heavy atom. The van der Waals surface area contributed by atoms with E-state index in [2.05, 4.69) is 87.7 Å². The number of aryl methyl sites for hydroxylation is 1. The number of hydrazine groups is 1. The van der Waals surface area contributed by atoms with E-state index >= 15 is 0 Å². The Balaban J connectivity index is 1.48. The van der Waals surface area contributed by atoms with Crippen LogP contribution in [0.25, 0.3) is 0 Å². The monoisotopic (exact) mass is 666 g/mol. The van der Waals surface area contributed by atoms with E-state index in [-0.39, 0.29) is 22.4 Å². The van der Waals surface area contributed by atoms with Gasteiger partial charge in [0.05, 0.1) is 13.2 Å². The summed E-state index contributed by atoms with van der Waals surface area (Å²) in [6.07, 6.45) is 4.15. The third-order valence-corrected chi connectivity index (χ3v) is 15.3. The number of benzene rings is 1. The maximum absolute atomic E-state index is 13.0. The second-order valence-electron chi connectivity index (χ2n) is 12.4. The molecular weight excluding hydrogens is 625 g/mol. The van der Waals surface area contributed by atoms with Crippen LogP contribution < -0.4 is 0 Å². The summed E-state index contributed by atoms with van der Waals surface area (Å²) in [6.45, 7) is 14.6. The van der Waals surface area contributed by atoms with Gasteiger partial charge in [-0.15, -0.1) is 11.3 Å². The predicted octanol–water partition coefficient (Wildman–Crippen LogP) is 8.73. The summed E-state index contributed by atoms with van der Waals surface area (Å²) in [5, 5.41) is 9.94. The number of hydrogen-bond acceptors (Lipinski definition) is 8. The van der Waals surface area contributed by atoms with Crippen molar-refractivity contribution in [2.24, 2.45) is 0 Å². The van der Waals surface area contributed by atoms with Crippen molar-refractivity contribution in [3.63, 3.8) is 0 Å². The first-order valence-electron chi connectivity index (χ1n) is 14.8. The van der Waals surface area contributed by atoms with Gasteiger partial charge in [-0.2, -0.15) is 11.3 Å². The van der Waals surface area contributed by atoms with E-state index in [0.717, 1.165) is 28.8 Å². The Morgan fingerprint density at radius 3 is 2.59 bits per heavy atom. The van der Waals surface area contributed by atoms with E-state index in [1.807, 2.05) is 22.7 Å². The van der Waals surface area contributed by atoms with Gasteiger partial charge >= 0.3 is 11.2 Å². The number of esters is 1. The first-order valence-corrected chi connectivity index (χ1v) is 20.3. The normalized spacial score (nSPS) is 14.4. The molecule has 1 atom stereocenters. The smallest absolute Gasteiger partial charge is 0.348 e. The molecule has 6 nitrogen and oxygen atoms in total. The lowest BCUT2D eigenvalue weighted by atomic mass is 10.0. The summed E-state index contributed by atoms with van der Waals surface area (Å²) in [7, 11) is -0.680. The van der Waals surface area contributed by atoms with Gasteiger partial charge in [0.25, 0.3) is 0 Å². The van der Waals surface area contributed by atoms with Gasteiger partial charge < -0.3 is 9.16 Å². The number of hydrogen-bond donors (Lipinski definition) is 0. The van der Waals surface area contributed by atoms with Crippen LogP contribution >= 0.6 is 34.4 Å². The fourth-order valence-electron chi connectivity index (χ4n) is 4.50. The van der Waals surface area contributed by atoms with Crippen LogP contribution in [0.1, 0.15) is 64.0 Å². The maximum atomic E-state index is 13.0. The second-order valence-corrected chi connectivity index (χ2v) is 19.9. The van der Waals surface area contributed by atoms with Crippen LogP contribution in [0.3, 0.4) is 0 Å². The Morgan fingerprint density at radius 2 is 1.89 bits per heavy atom. The minimum atomic E-state index is -2.06. The van der Waals surface area contributed by atoms with Crippen LogP contribution in [0, 0.1) is 18.8 Å². The highest BCUT2D eigenvalue weighted by atomic mass is 32.2. The van der Waals surface area contributed by atoms with Gasteiger partial charge in [0.15, 0.2) is 8.32 Å². The Bertz CT molecular complexity index is 1540. The van der Waals surface area contributed by atoms with Crippen molar-refractivity contribution in [2.45, 2.75) is 71.2 Å². The molecule has 0 aliphatic carbocycles. The molecule has 1 unspecified atom stereocenters. The number of carbonyl (C=O) groups is 2. The van der Waals surface area contributed by atoms with Gasteiger partial charge in [-0.25, -0.2) is 9.80 Å². The molecule has 0 radical (unpaired) electrons. The van der Waals surface area contributed by atoms with E-state index in [9.17, 15) is 9.59 Å². The molecule has 0 bridgehead atoms. The van der Waals surface area contributed by atoms with Crippen molar-refractivity contribution in [3.8, 4) is 11.8 Å². The third kappa shape index (κ3) is 9.11. The Labute approximate surface area is 275 Å². The SMILES string of the molecule is COC(=O)c1ccc(CCN2C(=O)SC=CN2CCC(Cc2cccc(C#Cc3cscc3C)c2)O[Si](C)(C)C(C)(C)C)s1. The van der Waals surface area contributed by atoms with Crippen LogP contribution in [0.4, 0.5) is 4.79 Å². The maximum Gasteiger partial charge on any atom is 0.348 e. The molecule has 1 aliphatic rings. The number of carbonyl (C=O) groups excluding carboxylic acids is 2. The van der Waals surface area contributed by atoms with E-state index in [1.165, 1.54) is 41.3 Å². The topological polar surface area (TPSA) is 59.1 Å². The molecule has 0 saturated carbocycles. The highest BCUT2D eigenvalue weighted by molar-refractivity contribution is 8.16. The summed E-state index contributed by atoms with van der Waals surface area (Å²) in [6, 6.07) is 12.2. The number of rotatable bonds is 11. The third-order valence-electron chi connectivity index (χ3n) is 8.08. The van der Waals surface area contributed by atoms with Crippen LogP contribution in [0.15, 0.2) is 58.8 Å². The molecule has 3 aromatic rings. The average Bonchev–Trinajstić information content (AvgIpc) is 3.62. The molecule has 3 heterocycles. The van der Waals surface area contributed by atoms with Gasteiger partial charge in [0.2, 0.25) is 0 Å². The summed E-state index contributed by atoms with van der Waals surface area (Å²) in [5.41, 5.74) is 4.48. The van der Waals surface area contributed by atoms with Crippen LogP contribution in [-0.4, -0.2) is 55.8 Å². The molecule has 0 N–H and O–H groups in total. The van der Waals surface area contributed by atoms with Gasteiger partial charge in [0, 0.05) is 47.1 Å². The predicted molar refractivity (Wildman–Crippen MR) is 187 cm³/mol. The molecule has 10 heteroatoms. The summed E-state index contributed by atoms with van der Waals surface area (Å²) >= 11 is 4.28. The zero-order chi connectivity index (χ0) is 31.9. The second kappa shape index (κ2) is 15.0. The average molecular weight is 667 g/mol. The fraction of sp³-hybridized carbons (Fsp3) is 0.412. The zero-order valence-corrected chi connectivity index (χ0v) is 30.1. The summed E-state index contributed by atoms with van der Waals surface area (Å²) in [5.74, 6) is 6.33. The van der Waals surface area contributed by atoms with Gasteiger partial charge in [-0.1, -0.05) is 44.7 Å².